The number of rotatable bonds is 7. The van der Waals surface area contributed by atoms with Crippen molar-refractivity contribution in [3.63, 3.8) is 0 Å². The van der Waals surface area contributed by atoms with Crippen LogP contribution in [-0.2, 0) is 14.3 Å². The summed E-state index contributed by atoms with van der Waals surface area (Å²) in [6.07, 6.45) is 1.94. The molecule has 0 aromatic heterocycles. The number of carbonyl (C=O) groups excluding carboxylic acids is 1. The van der Waals surface area contributed by atoms with Crippen LogP contribution in [0.25, 0.3) is 0 Å². The summed E-state index contributed by atoms with van der Waals surface area (Å²) in [7, 11) is 3.25. The summed E-state index contributed by atoms with van der Waals surface area (Å²) in [6.45, 7) is 5.51. The Labute approximate surface area is 160 Å². The molecule has 1 atom stereocenters. The van der Waals surface area contributed by atoms with Crippen molar-refractivity contribution >= 4 is 5.91 Å². The summed E-state index contributed by atoms with van der Waals surface area (Å²) in [5.41, 5.74) is 0.902. The minimum atomic E-state index is -0.166. The predicted octanol–water partition coefficient (Wildman–Crippen LogP) is 1.97. The second-order valence-corrected chi connectivity index (χ2v) is 7.12. The van der Waals surface area contributed by atoms with E-state index in [2.05, 4.69) is 10.2 Å². The highest BCUT2D eigenvalue weighted by molar-refractivity contribution is 5.78. The minimum Gasteiger partial charge on any atom is -0.497 e. The molecule has 1 amide bonds. The first-order valence-electron chi connectivity index (χ1n) is 9.57. The lowest BCUT2D eigenvalue weighted by molar-refractivity contribution is -0.124. The Morgan fingerprint density at radius 2 is 1.93 bits per heavy atom. The number of ether oxygens (including phenoxy) is 4. The van der Waals surface area contributed by atoms with Crippen LogP contribution in [0, 0.1) is 5.92 Å². The largest absolute Gasteiger partial charge is 0.497 e. The van der Waals surface area contributed by atoms with Gasteiger partial charge in [0.05, 0.1) is 40.0 Å². The summed E-state index contributed by atoms with van der Waals surface area (Å²) in [5, 5.41) is 3.07. The molecule has 1 N–H and O–H groups in total. The van der Waals surface area contributed by atoms with Gasteiger partial charge < -0.3 is 24.3 Å². The fraction of sp³-hybridized carbons (Fsp3) is 0.650. The summed E-state index contributed by atoms with van der Waals surface area (Å²) >= 11 is 0. The normalized spacial score (nSPS) is 20.4. The average Bonchev–Trinajstić information content (AvgIpc) is 3.22. The molecule has 0 spiro atoms. The van der Waals surface area contributed by atoms with Gasteiger partial charge in [0.25, 0.3) is 0 Å². The number of likely N-dealkylation sites (tertiary alicyclic amines) is 1. The molecule has 7 nitrogen and oxygen atoms in total. The fourth-order valence-corrected chi connectivity index (χ4v) is 3.78. The van der Waals surface area contributed by atoms with Crippen LogP contribution in [0.1, 0.15) is 31.4 Å². The second-order valence-electron chi connectivity index (χ2n) is 7.12. The van der Waals surface area contributed by atoms with Gasteiger partial charge in [-0.05, 0) is 51.1 Å². The van der Waals surface area contributed by atoms with Crippen molar-refractivity contribution in [2.24, 2.45) is 5.92 Å². The van der Waals surface area contributed by atoms with Crippen LogP contribution in [0.15, 0.2) is 18.2 Å². The maximum absolute atomic E-state index is 12.5. The number of methoxy groups -OCH3 is 2. The number of benzene rings is 1. The number of nitrogens with zero attached hydrogens (tertiary/aromatic N) is 1. The lowest BCUT2D eigenvalue weighted by Crippen LogP contribution is -2.43. The molecule has 1 aromatic rings. The van der Waals surface area contributed by atoms with E-state index in [-0.39, 0.29) is 18.2 Å². The van der Waals surface area contributed by atoms with Crippen LogP contribution in [0.5, 0.6) is 11.5 Å². The third-order valence-electron chi connectivity index (χ3n) is 5.31. The van der Waals surface area contributed by atoms with Crippen LogP contribution >= 0.6 is 0 Å². The number of hydrogen-bond acceptors (Lipinski definition) is 6. The lowest BCUT2D eigenvalue weighted by atomic mass is 9.96. The van der Waals surface area contributed by atoms with Gasteiger partial charge in [0.1, 0.15) is 11.5 Å². The van der Waals surface area contributed by atoms with Gasteiger partial charge >= 0.3 is 0 Å². The minimum absolute atomic E-state index is 0.0131. The molecule has 0 bridgehead atoms. The van der Waals surface area contributed by atoms with Crippen molar-refractivity contribution in [3.8, 4) is 11.5 Å². The first-order chi connectivity index (χ1) is 13.1. The van der Waals surface area contributed by atoms with Crippen molar-refractivity contribution in [2.75, 3.05) is 47.1 Å². The number of hydrogen-bond donors (Lipinski definition) is 1. The molecule has 1 aromatic carbocycles. The summed E-state index contributed by atoms with van der Waals surface area (Å²) < 4.78 is 21.9. The highest BCUT2D eigenvalue weighted by Crippen LogP contribution is 2.29. The molecule has 3 rings (SSSR count). The SMILES string of the molecule is COc1ccc(OC)c(C(C)NC(=O)CN2CCC(C3OCCO3)CC2)c1. The molecule has 0 aliphatic carbocycles. The maximum Gasteiger partial charge on any atom is 0.234 e. The molecule has 150 valence electrons. The number of piperidine rings is 1. The zero-order valence-electron chi connectivity index (χ0n) is 16.4. The molecule has 0 radical (unpaired) electrons. The number of amides is 1. The highest BCUT2D eigenvalue weighted by atomic mass is 16.7. The maximum atomic E-state index is 12.5. The van der Waals surface area contributed by atoms with Gasteiger partial charge in [-0.1, -0.05) is 0 Å². The Morgan fingerprint density at radius 1 is 1.22 bits per heavy atom. The van der Waals surface area contributed by atoms with Crippen molar-refractivity contribution in [2.45, 2.75) is 32.1 Å². The van der Waals surface area contributed by atoms with Crippen LogP contribution in [0.4, 0.5) is 0 Å². The summed E-state index contributed by atoms with van der Waals surface area (Å²) in [5.74, 6) is 1.93. The molecule has 27 heavy (non-hydrogen) atoms. The smallest absolute Gasteiger partial charge is 0.234 e. The molecule has 2 saturated heterocycles. The quantitative estimate of drug-likeness (QED) is 0.782. The fourth-order valence-electron chi connectivity index (χ4n) is 3.78. The zero-order valence-corrected chi connectivity index (χ0v) is 16.4. The molecule has 2 heterocycles. The van der Waals surface area contributed by atoms with E-state index in [0.717, 1.165) is 43.0 Å². The van der Waals surface area contributed by atoms with E-state index in [1.807, 2.05) is 25.1 Å². The van der Waals surface area contributed by atoms with Crippen molar-refractivity contribution in [3.05, 3.63) is 23.8 Å². The van der Waals surface area contributed by atoms with Crippen molar-refractivity contribution in [1.29, 1.82) is 0 Å². The highest BCUT2D eigenvalue weighted by Gasteiger charge is 2.31. The van der Waals surface area contributed by atoms with Crippen LogP contribution in [0.3, 0.4) is 0 Å². The Balaban J connectivity index is 1.49. The Hall–Kier alpha value is -1.83. The molecular formula is C20H30N2O5. The summed E-state index contributed by atoms with van der Waals surface area (Å²) in [6, 6.07) is 5.44. The number of nitrogens with one attached hydrogen (secondary N) is 1. The second kappa shape index (κ2) is 9.39. The van der Waals surface area contributed by atoms with Gasteiger partial charge in [-0.15, -0.1) is 0 Å². The van der Waals surface area contributed by atoms with E-state index in [0.29, 0.717) is 25.7 Å². The Bertz CT molecular complexity index is 625. The molecule has 2 fully saturated rings. The third kappa shape index (κ3) is 5.12. The predicted molar refractivity (Wildman–Crippen MR) is 101 cm³/mol. The zero-order chi connectivity index (χ0) is 19.2. The number of carbonyl (C=O) groups is 1. The Morgan fingerprint density at radius 3 is 2.56 bits per heavy atom. The first kappa shape index (κ1) is 19.9. The van der Waals surface area contributed by atoms with E-state index in [9.17, 15) is 4.79 Å². The van der Waals surface area contributed by atoms with E-state index < -0.39 is 0 Å². The van der Waals surface area contributed by atoms with Gasteiger partial charge in [-0.2, -0.15) is 0 Å². The third-order valence-corrected chi connectivity index (χ3v) is 5.31. The van der Waals surface area contributed by atoms with E-state index in [1.165, 1.54) is 0 Å². The van der Waals surface area contributed by atoms with Crippen LogP contribution < -0.4 is 14.8 Å². The molecule has 2 aliphatic heterocycles. The van der Waals surface area contributed by atoms with Crippen LogP contribution in [0.2, 0.25) is 0 Å². The van der Waals surface area contributed by atoms with Crippen molar-refractivity contribution in [1.82, 2.24) is 10.2 Å². The lowest BCUT2D eigenvalue weighted by Gasteiger charge is -2.33. The first-order valence-corrected chi connectivity index (χ1v) is 9.57. The molecule has 0 saturated carbocycles. The van der Waals surface area contributed by atoms with Crippen LogP contribution in [-0.4, -0.2) is 64.2 Å². The van der Waals surface area contributed by atoms with Crippen molar-refractivity contribution < 1.29 is 23.7 Å². The molecule has 2 aliphatic rings. The molecule has 7 heteroatoms. The van der Waals surface area contributed by atoms with Gasteiger partial charge in [0, 0.05) is 11.5 Å². The van der Waals surface area contributed by atoms with Gasteiger partial charge in [0.2, 0.25) is 5.91 Å². The van der Waals surface area contributed by atoms with E-state index in [4.69, 9.17) is 18.9 Å². The van der Waals surface area contributed by atoms with Gasteiger partial charge in [-0.25, -0.2) is 0 Å². The van der Waals surface area contributed by atoms with E-state index in [1.54, 1.807) is 14.2 Å². The summed E-state index contributed by atoms with van der Waals surface area (Å²) in [4.78, 5) is 14.7. The van der Waals surface area contributed by atoms with Gasteiger partial charge in [-0.3, -0.25) is 9.69 Å². The molecule has 1 unspecified atom stereocenters. The van der Waals surface area contributed by atoms with E-state index >= 15 is 0 Å². The topological polar surface area (TPSA) is 69.3 Å². The molecular weight excluding hydrogens is 348 g/mol. The Kier molecular flexibility index (Phi) is 6.93. The van der Waals surface area contributed by atoms with Gasteiger partial charge in [0.15, 0.2) is 6.29 Å². The average molecular weight is 378 g/mol. The monoisotopic (exact) mass is 378 g/mol. The standard InChI is InChI=1S/C20H30N2O5/c1-14(17-12-16(24-2)4-5-18(17)25-3)21-19(23)13-22-8-6-15(7-9-22)20-26-10-11-27-20/h4-5,12,14-15,20H,6-11,13H2,1-3H3,(H,21,23).